The maximum absolute atomic E-state index is 12.1. The second-order valence-electron chi connectivity index (χ2n) is 6.76. The zero-order chi connectivity index (χ0) is 18.8. The fourth-order valence-corrected chi connectivity index (χ4v) is 2.98. The van der Waals surface area contributed by atoms with Gasteiger partial charge in [-0.05, 0) is 50.3 Å². The van der Waals surface area contributed by atoms with E-state index in [-0.39, 0.29) is 5.91 Å². The molecule has 1 fully saturated rings. The minimum atomic E-state index is 0.0313. The molecule has 0 aliphatic carbocycles. The van der Waals surface area contributed by atoms with E-state index in [1.807, 2.05) is 18.2 Å². The first kappa shape index (κ1) is 20.2. The highest BCUT2D eigenvalue weighted by molar-refractivity contribution is 5.94. The molecule has 1 heterocycles. The van der Waals surface area contributed by atoms with Gasteiger partial charge in [0.15, 0.2) is 5.96 Å². The molecule has 144 valence electrons. The van der Waals surface area contributed by atoms with E-state index in [1.54, 1.807) is 19.0 Å². The molecular formula is C20H32N4O2. The largest absolute Gasteiger partial charge is 0.378 e. The summed E-state index contributed by atoms with van der Waals surface area (Å²) in [5.74, 6) is 0.870. The Hall–Kier alpha value is -2.08. The third-order valence-electron chi connectivity index (χ3n) is 4.38. The minimum Gasteiger partial charge on any atom is -0.378 e. The minimum absolute atomic E-state index is 0.0313. The Morgan fingerprint density at radius 2 is 2.19 bits per heavy atom. The third kappa shape index (κ3) is 6.67. The number of ether oxygens (including phenoxy) is 1. The summed E-state index contributed by atoms with van der Waals surface area (Å²) in [7, 11) is 3.54. The van der Waals surface area contributed by atoms with E-state index in [0.717, 1.165) is 62.6 Å². The summed E-state index contributed by atoms with van der Waals surface area (Å²) in [6.45, 7) is 5.33. The number of carbonyl (C=O) groups excluding carboxylic acids is 1. The smallest absolute Gasteiger partial charge is 0.253 e. The summed E-state index contributed by atoms with van der Waals surface area (Å²) in [4.78, 5) is 18.3. The second-order valence-corrected chi connectivity index (χ2v) is 6.76. The van der Waals surface area contributed by atoms with Gasteiger partial charge in [-0.1, -0.05) is 12.1 Å². The molecule has 1 saturated heterocycles. The number of nitrogens with one attached hydrogen (secondary N) is 2. The summed E-state index contributed by atoms with van der Waals surface area (Å²) in [6, 6.07) is 7.81. The predicted octanol–water partition coefficient (Wildman–Crippen LogP) is 2.06. The van der Waals surface area contributed by atoms with E-state index < -0.39 is 0 Å². The maximum Gasteiger partial charge on any atom is 0.253 e. The highest BCUT2D eigenvalue weighted by Gasteiger charge is 2.14. The molecule has 1 atom stereocenters. The van der Waals surface area contributed by atoms with Crippen molar-refractivity contribution in [3.8, 4) is 0 Å². The Labute approximate surface area is 157 Å². The van der Waals surface area contributed by atoms with Crippen molar-refractivity contribution in [3.05, 3.63) is 35.4 Å². The van der Waals surface area contributed by atoms with Crippen LogP contribution in [0.5, 0.6) is 0 Å². The van der Waals surface area contributed by atoms with Gasteiger partial charge in [-0.15, -0.1) is 0 Å². The van der Waals surface area contributed by atoms with E-state index in [2.05, 4.69) is 28.6 Å². The second kappa shape index (κ2) is 10.8. The molecule has 1 aromatic rings. The predicted molar refractivity (Wildman–Crippen MR) is 106 cm³/mol. The maximum atomic E-state index is 12.1. The standard InChI is InChI=1S/C20H32N4O2/c1-4-21-20(23-13-11-18-9-6-14-26-18)22-12-10-16-7-5-8-17(15-16)19(25)24(2)3/h5,7-8,15,18H,4,6,9-14H2,1-3H3,(H2,21,22,23). The first-order valence-electron chi connectivity index (χ1n) is 9.54. The molecule has 1 unspecified atom stereocenters. The zero-order valence-corrected chi connectivity index (χ0v) is 16.3. The Morgan fingerprint density at radius 3 is 2.88 bits per heavy atom. The van der Waals surface area contributed by atoms with Crippen molar-refractivity contribution in [3.63, 3.8) is 0 Å². The number of guanidine groups is 1. The van der Waals surface area contributed by atoms with Crippen molar-refractivity contribution < 1.29 is 9.53 Å². The van der Waals surface area contributed by atoms with Gasteiger partial charge in [0.25, 0.3) is 5.91 Å². The molecular weight excluding hydrogens is 328 g/mol. The topological polar surface area (TPSA) is 66.0 Å². The van der Waals surface area contributed by atoms with Gasteiger partial charge >= 0.3 is 0 Å². The van der Waals surface area contributed by atoms with Crippen LogP contribution in [0.2, 0.25) is 0 Å². The molecule has 1 aromatic carbocycles. The number of hydrogen-bond acceptors (Lipinski definition) is 3. The average molecular weight is 361 g/mol. The first-order valence-corrected chi connectivity index (χ1v) is 9.54. The Morgan fingerprint density at radius 1 is 1.35 bits per heavy atom. The van der Waals surface area contributed by atoms with Crippen LogP contribution in [0.25, 0.3) is 0 Å². The zero-order valence-electron chi connectivity index (χ0n) is 16.3. The number of benzene rings is 1. The van der Waals surface area contributed by atoms with Crippen LogP contribution in [0.3, 0.4) is 0 Å². The molecule has 0 spiro atoms. The van der Waals surface area contributed by atoms with Crippen LogP contribution in [0.15, 0.2) is 29.3 Å². The fraction of sp³-hybridized carbons (Fsp3) is 0.600. The van der Waals surface area contributed by atoms with Crippen LogP contribution < -0.4 is 10.6 Å². The van der Waals surface area contributed by atoms with Crippen molar-refractivity contribution in [2.45, 2.75) is 38.7 Å². The quantitative estimate of drug-likeness (QED) is 0.550. The summed E-state index contributed by atoms with van der Waals surface area (Å²) >= 11 is 0. The van der Waals surface area contributed by atoms with Crippen molar-refractivity contribution in [1.29, 1.82) is 0 Å². The number of nitrogens with zero attached hydrogens (tertiary/aromatic N) is 2. The van der Waals surface area contributed by atoms with Gasteiger partial charge < -0.3 is 20.3 Å². The molecule has 1 amide bonds. The molecule has 6 heteroatoms. The van der Waals surface area contributed by atoms with Crippen LogP contribution in [-0.4, -0.2) is 63.2 Å². The first-order chi connectivity index (χ1) is 12.6. The van der Waals surface area contributed by atoms with Gasteiger partial charge in [-0.25, -0.2) is 0 Å². The molecule has 0 saturated carbocycles. The van der Waals surface area contributed by atoms with Gasteiger partial charge in [-0.2, -0.15) is 0 Å². The Kier molecular flexibility index (Phi) is 8.41. The lowest BCUT2D eigenvalue weighted by molar-refractivity contribution is 0.0827. The SMILES string of the molecule is CCNC(=NCCC1CCCO1)NCCc1cccc(C(=O)N(C)C)c1. The molecule has 2 N–H and O–H groups in total. The molecule has 2 rings (SSSR count). The lowest BCUT2D eigenvalue weighted by Crippen LogP contribution is -2.38. The van der Waals surface area contributed by atoms with Crippen LogP contribution in [-0.2, 0) is 11.2 Å². The van der Waals surface area contributed by atoms with Gasteiger partial charge in [0.05, 0.1) is 6.10 Å². The van der Waals surface area contributed by atoms with Crippen molar-refractivity contribution in [2.24, 2.45) is 4.99 Å². The number of hydrogen-bond donors (Lipinski definition) is 2. The van der Waals surface area contributed by atoms with Gasteiger partial charge in [0, 0.05) is 45.9 Å². The highest BCUT2D eigenvalue weighted by atomic mass is 16.5. The van der Waals surface area contributed by atoms with Crippen molar-refractivity contribution >= 4 is 11.9 Å². The molecule has 1 aliphatic rings. The number of amides is 1. The Balaban J connectivity index is 1.81. The molecule has 0 aromatic heterocycles. The third-order valence-corrected chi connectivity index (χ3v) is 4.38. The van der Waals surface area contributed by atoms with Crippen molar-refractivity contribution in [1.82, 2.24) is 15.5 Å². The van der Waals surface area contributed by atoms with E-state index in [9.17, 15) is 4.79 Å². The molecule has 6 nitrogen and oxygen atoms in total. The van der Waals surface area contributed by atoms with Crippen LogP contribution in [0.1, 0.15) is 42.1 Å². The summed E-state index contributed by atoms with van der Waals surface area (Å²) in [5.41, 5.74) is 1.87. The average Bonchev–Trinajstić information content (AvgIpc) is 3.14. The summed E-state index contributed by atoms with van der Waals surface area (Å²) < 4.78 is 5.64. The van der Waals surface area contributed by atoms with Gasteiger partial charge in [0.2, 0.25) is 0 Å². The van der Waals surface area contributed by atoms with E-state index >= 15 is 0 Å². The van der Waals surface area contributed by atoms with Crippen molar-refractivity contribution in [2.75, 3.05) is 40.3 Å². The number of rotatable bonds is 8. The van der Waals surface area contributed by atoms with E-state index in [1.165, 1.54) is 6.42 Å². The Bertz CT molecular complexity index is 595. The van der Waals surface area contributed by atoms with E-state index in [0.29, 0.717) is 6.10 Å². The van der Waals surface area contributed by atoms with E-state index in [4.69, 9.17) is 4.74 Å². The fourth-order valence-electron chi connectivity index (χ4n) is 2.98. The monoisotopic (exact) mass is 360 g/mol. The molecule has 0 radical (unpaired) electrons. The number of carbonyl (C=O) groups is 1. The normalized spacial score (nSPS) is 17.2. The lowest BCUT2D eigenvalue weighted by Gasteiger charge is -2.13. The number of aliphatic imine (C=N–C) groups is 1. The highest BCUT2D eigenvalue weighted by Crippen LogP contribution is 2.14. The molecule has 0 bridgehead atoms. The summed E-state index contributed by atoms with van der Waals surface area (Å²) in [5, 5.41) is 6.64. The van der Waals surface area contributed by atoms with Gasteiger partial charge in [-0.3, -0.25) is 9.79 Å². The van der Waals surface area contributed by atoms with Crippen LogP contribution in [0, 0.1) is 0 Å². The molecule has 1 aliphatic heterocycles. The van der Waals surface area contributed by atoms with Crippen LogP contribution in [0.4, 0.5) is 0 Å². The van der Waals surface area contributed by atoms with Crippen LogP contribution >= 0.6 is 0 Å². The van der Waals surface area contributed by atoms with Gasteiger partial charge in [0.1, 0.15) is 0 Å². The molecule has 26 heavy (non-hydrogen) atoms. The summed E-state index contributed by atoms with van der Waals surface area (Å²) in [6.07, 6.45) is 4.51. The lowest BCUT2D eigenvalue weighted by atomic mass is 10.1.